The fourth-order valence-electron chi connectivity index (χ4n) is 2.80. The summed E-state index contributed by atoms with van der Waals surface area (Å²) in [5.74, 6) is 0. The van der Waals surface area contributed by atoms with Crippen molar-refractivity contribution in [3.05, 3.63) is 59.9 Å². The Bertz CT molecular complexity index is 1020. The summed E-state index contributed by atoms with van der Waals surface area (Å²) >= 11 is 0. The number of hydrogen-bond donors (Lipinski definition) is 2. The van der Waals surface area contributed by atoms with E-state index >= 15 is 0 Å². The summed E-state index contributed by atoms with van der Waals surface area (Å²) in [6, 6.07) is 10.5. The second-order valence-electron chi connectivity index (χ2n) is 5.98. The van der Waals surface area contributed by atoms with Crippen LogP contribution in [0.25, 0.3) is 11.1 Å². The van der Waals surface area contributed by atoms with Gasteiger partial charge >= 0.3 is 0 Å². The first-order valence-electron chi connectivity index (χ1n) is 7.76. The van der Waals surface area contributed by atoms with Crippen LogP contribution in [0.3, 0.4) is 0 Å². The van der Waals surface area contributed by atoms with Crippen molar-refractivity contribution in [3.8, 4) is 11.1 Å². The lowest BCUT2D eigenvalue weighted by Gasteiger charge is -2.15. The van der Waals surface area contributed by atoms with Gasteiger partial charge in [-0.05, 0) is 42.7 Å². The van der Waals surface area contributed by atoms with Gasteiger partial charge in [-0.1, -0.05) is 24.3 Å². The molecular formula is C18H20N4O2S. The van der Waals surface area contributed by atoms with E-state index in [2.05, 4.69) is 9.82 Å². The van der Waals surface area contributed by atoms with Gasteiger partial charge in [-0.25, -0.2) is 8.42 Å². The fourth-order valence-corrected chi connectivity index (χ4v) is 4.23. The normalized spacial score (nSPS) is 11.5. The highest BCUT2D eigenvalue weighted by molar-refractivity contribution is 7.92. The van der Waals surface area contributed by atoms with Crippen molar-refractivity contribution in [2.24, 2.45) is 7.05 Å². The van der Waals surface area contributed by atoms with Crippen molar-refractivity contribution < 1.29 is 8.42 Å². The van der Waals surface area contributed by atoms with Crippen LogP contribution in [-0.2, 0) is 17.1 Å². The minimum absolute atomic E-state index is 0.219. The molecule has 0 amide bonds. The fraction of sp³-hybridized carbons (Fsp3) is 0.167. The van der Waals surface area contributed by atoms with Crippen molar-refractivity contribution in [2.75, 3.05) is 10.5 Å². The zero-order valence-corrected chi connectivity index (χ0v) is 15.1. The third kappa shape index (κ3) is 3.23. The molecule has 0 unspecified atom stereocenters. The molecule has 0 saturated heterocycles. The molecule has 1 heterocycles. The van der Waals surface area contributed by atoms with Crippen LogP contribution >= 0.6 is 0 Å². The van der Waals surface area contributed by atoms with Gasteiger partial charge in [0.25, 0.3) is 10.0 Å². The molecule has 0 atom stereocenters. The number of nitrogen functional groups attached to an aromatic ring is 1. The Morgan fingerprint density at radius 3 is 2.48 bits per heavy atom. The molecule has 0 fully saturated rings. The molecule has 6 nitrogen and oxygen atoms in total. The number of hydrogen-bond acceptors (Lipinski definition) is 4. The number of para-hydroxylation sites is 1. The Morgan fingerprint density at radius 2 is 1.84 bits per heavy atom. The van der Waals surface area contributed by atoms with Gasteiger partial charge < -0.3 is 5.73 Å². The van der Waals surface area contributed by atoms with Crippen LogP contribution in [0.4, 0.5) is 11.4 Å². The summed E-state index contributed by atoms with van der Waals surface area (Å²) < 4.78 is 30.2. The lowest BCUT2D eigenvalue weighted by Crippen LogP contribution is -2.16. The van der Waals surface area contributed by atoms with Gasteiger partial charge in [-0.3, -0.25) is 9.40 Å². The monoisotopic (exact) mass is 356 g/mol. The summed E-state index contributed by atoms with van der Waals surface area (Å²) in [5, 5.41) is 4.15. The minimum Gasteiger partial charge on any atom is -0.397 e. The molecule has 0 bridgehead atoms. The Balaban J connectivity index is 2.06. The molecule has 1 aromatic heterocycles. The maximum absolute atomic E-state index is 12.9. The quantitative estimate of drug-likeness (QED) is 0.703. The van der Waals surface area contributed by atoms with E-state index in [0.717, 1.165) is 16.7 Å². The van der Waals surface area contributed by atoms with Crippen LogP contribution < -0.4 is 10.5 Å². The van der Waals surface area contributed by atoms with E-state index in [0.29, 0.717) is 16.9 Å². The SMILES string of the molecule is Cc1cccc(N)c1NS(=O)(=O)c1cccc(-c2cnn(C)c2)c1C. The van der Waals surface area contributed by atoms with Crippen LogP contribution in [0.2, 0.25) is 0 Å². The Kier molecular flexibility index (Phi) is 4.26. The third-order valence-electron chi connectivity index (χ3n) is 4.13. The predicted octanol–water partition coefficient (Wildman–Crippen LogP) is 3.09. The van der Waals surface area contributed by atoms with Crippen LogP contribution in [0.5, 0.6) is 0 Å². The van der Waals surface area contributed by atoms with Crippen molar-refractivity contribution in [1.29, 1.82) is 0 Å². The van der Waals surface area contributed by atoms with Gasteiger partial charge in [0.15, 0.2) is 0 Å². The molecule has 0 aliphatic carbocycles. The summed E-state index contributed by atoms with van der Waals surface area (Å²) in [7, 11) is -1.95. The number of aryl methyl sites for hydroxylation is 2. The molecule has 3 N–H and O–H groups in total. The number of aromatic nitrogens is 2. The number of sulfonamides is 1. The lowest BCUT2D eigenvalue weighted by molar-refractivity contribution is 0.600. The van der Waals surface area contributed by atoms with Crippen molar-refractivity contribution in [2.45, 2.75) is 18.7 Å². The molecule has 25 heavy (non-hydrogen) atoms. The Hall–Kier alpha value is -2.80. The van der Waals surface area contributed by atoms with E-state index in [1.54, 1.807) is 42.1 Å². The second-order valence-corrected chi connectivity index (χ2v) is 7.63. The summed E-state index contributed by atoms with van der Waals surface area (Å²) in [6.07, 6.45) is 3.57. The highest BCUT2D eigenvalue weighted by atomic mass is 32.2. The molecule has 0 spiro atoms. The standard InChI is InChI=1S/C18H20N4O2S/c1-12-6-4-8-16(19)18(12)21-25(23,24)17-9-5-7-15(13(17)2)14-10-20-22(3)11-14/h4-11,21H,19H2,1-3H3. The second kappa shape index (κ2) is 6.25. The number of nitrogens with zero attached hydrogens (tertiary/aromatic N) is 2. The minimum atomic E-state index is -3.77. The van der Waals surface area contributed by atoms with Crippen molar-refractivity contribution in [1.82, 2.24) is 9.78 Å². The number of benzene rings is 2. The van der Waals surface area contributed by atoms with Gasteiger partial charge in [0.1, 0.15) is 0 Å². The largest absolute Gasteiger partial charge is 0.397 e. The zero-order valence-electron chi connectivity index (χ0n) is 14.3. The molecule has 7 heteroatoms. The number of rotatable bonds is 4. The smallest absolute Gasteiger partial charge is 0.262 e. The van der Waals surface area contributed by atoms with Crippen molar-refractivity contribution >= 4 is 21.4 Å². The molecular weight excluding hydrogens is 336 g/mol. The topological polar surface area (TPSA) is 90.0 Å². The van der Waals surface area contributed by atoms with Gasteiger partial charge in [0.2, 0.25) is 0 Å². The van der Waals surface area contributed by atoms with E-state index in [9.17, 15) is 8.42 Å². The molecule has 0 aliphatic heterocycles. The number of anilines is 2. The molecule has 2 aromatic carbocycles. The van der Waals surface area contributed by atoms with E-state index in [4.69, 9.17) is 5.73 Å². The molecule has 3 rings (SSSR count). The van der Waals surface area contributed by atoms with Gasteiger partial charge in [-0.2, -0.15) is 5.10 Å². The van der Waals surface area contributed by atoms with E-state index in [1.165, 1.54) is 0 Å². The molecule has 130 valence electrons. The average Bonchev–Trinajstić information content (AvgIpc) is 2.97. The first-order chi connectivity index (χ1) is 11.8. The van der Waals surface area contributed by atoms with E-state index in [1.807, 2.05) is 32.3 Å². The maximum Gasteiger partial charge on any atom is 0.262 e. The zero-order chi connectivity index (χ0) is 18.2. The van der Waals surface area contributed by atoms with Gasteiger partial charge in [0, 0.05) is 18.8 Å². The first-order valence-corrected chi connectivity index (χ1v) is 9.24. The maximum atomic E-state index is 12.9. The van der Waals surface area contributed by atoms with Crippen LogP contribution in [0.15, 0.2) is 53.7 Å². The van der Waals surface area contributed by atoms with Crippen molar-refractivity contribution in [3.63, 3.8) is 0 Å². The van der Waals surface area contributed by atoms with Gasteiger partial charge in [-0.15, -0.1) is 0 Å². The average molecular weight is 356 g/mol. The first kappa shape index (κ1) is 17.0. The molecule has 0 saturated carbocycles. The van der Waals surface area contributed by atoms with Crippen LogP contribution in [0, 0.1) is 13.8 Å². The Morgan fingerprint density at radius 1 is 1.12 bits per heavy atom. The summed E-state index contributed by atoms with van der Waals surface area (Å²) in [5.41, 5.74) is 9.86. The Labute approximate surface area is 147 Å². The summed E-state index contributed by atoms with van der Waals surface area (Å²) in [6.45, 7) is 3.60. The summed E-state index contributed by atoms with van der Waals surface area (Å²) in [4.78, 5) is 0.219. The molecule has 0 radical (unpaired) electrons. The van der Waals surface area contributed by atoms with Gasteiger partial charge in [0.05, 0.1) is 22.5 Å². The van der Waals surface area contributed by atoms with Crippen LogP contribution in [-0.4, -0.2) is 18.2 Å². The highest BCUT2D eigenvalue weighted by Crippen LogP contribution is 2.31. The van der Waals surface area contributed by atoms with Crippen LogP contribution in [0.1, 0.15) is 11.1 Å². The molecule has 3 aromatic rings. The predicted molar refractivity (Wildman–Crippen MR) is 99.8 cm³/mol. The van der Waals surface area contributed by atoms with E-state index in [-0.39, 0.29) is 4.90 Å². The highest BCUT2D eigenvalue weighted by Gasteiger charge is 2.21. The lowest BCUT2D eigenvalue weighted by atomic mass is 10.0. The number of nitrogens with two attached hydrogens (primary N) is 1. The molecule has 0 aliphatic rings. The third-order valence-corrected chi connectivity index (χ3v) is 5.63. The van der Waals surface area contributed by atoms with E-state index < -0.39 is 10.0 Å². The number of nitrogens with one attached hydrogen (secondary N) is 1.